The van der Waals surface area contributed by atoms with Gasteiger partial charge >= 0.3 is 11.9 Å². The Kier molecular flexibility index (Phi) is 4.75. The van der Waals surface area contributed by atoms with E-state index >= 15 is 0 Å². The molecule has 0 spiro atoms. The smallest absolute Gasteiger partial charge is 0.320 e. The summed E-state index contributed by atoms with van der Waals surface area (Å²) in [5, 5.41) is 20.7. The van der Waals surface area contributed by atoms with Crippen LogP contribution in [-0.2, 0) is 14.4 Å². The van der Waals surface area contributed by atoms with Crippen molar-refractivity contribution in [2.24, 2.45) is 10.8 Å². The van der Waals surface area contributed by atoms with E-state index in [1.165, 1.54) is 0 Å². The highest BCUT2D eigenvalue weighted by molar-refractivity contribution is 6.17. The average Bonchev–Trinajstić information content (AvgIpc) is 2.71. The van der Waals surface area contributed by atoms with E-state index in [9.17, 15) is 24.6 Å². The Morgan fingerprint density at radius 1 is 0.800 bits per heavy atom. The standard InChI is InChI=1S/C23H24N2O5/c1-24-13-22(20(27)28)17(15-9-5-3-6-10-15)25(2)18(16-11-7-4-8-12-16)23(14-24,19(22)26)21(29)30/h3-12,17-18H,13-14H2,1-2H3,(H,27,28)(H,29,30). The van der Waals surface area contributed by atoms with Crippen LogP contribution in [0.15, 0.2) is 60.7 Å². The number of hydrogen-bond acceptors (Lipinski definition) is 5. The first-order valence-electron chi connectivity index (χ1n) is 9.79. The molecule has 0 amide bonds. The molecule has 4 rings (SSSR count). The second-order valence-corrected chi connectivity index (χ2v) is 8.35. The maximum atomic E-state index is 14.0. The number of likely N-dealkylation sites (tertiary alicyclic amines) is 2. The van der Waals surface area contributed by atoms with Crippen LogP contribution in [0.2, 0.25) is 0 Å². The van der Waals surface area contributed by atoms with Gasteiger partial charge in [-0.1, -0.05) is 60.7 Å². The minimum Gasteiger partial charge on any atom is -0.480 e. The fraction of sp³-hybridized carbons (Fsp3) is 0.348. The van der Waals surface area contributed by atoms with Crippen LogP contribution in [0.5, 0.6) is 0 Å². The third kappa shape index (κ3) is 2.55. The highest BCUT2D eigenvalue weighted by atomic mass is 16.4. The Balaban J connectivity index is 2.06. The van der Waals surface area contributed by atoms with Gasteiger partial charge in [-0.05, 0) is 25.2 Å². The van der Waals surface area contributed by atoms with Crippen molar-refractivity contribution in [2.75, 3.05) is 27.2 Å². The molecule has 0 aromatic heterocycles. The number of carbonyl (C=O) groups excluding carboxylic acids is 1. The van der Waals surface area contributed by atoms with E-state index in [0.717, 1.165) is 0 Å². The van der Waals surface area contributed by atoms with E-state index in [-0.39, 0.29) is 13.1 Å². The summed E-state index contributed by atoms with van der Waals surface area (Å²) in [6.07, 6.45) is 0. The number of ketones is 1. The molecule has 2 N–H and O–H groups in total. The van der Waals surface area contributed by atoms with Gasteiger partial charge in [0.1, 0.15) is 0 Å². The highest BCUT2D eigenvalue weighted by Crippen LogP contribution is 2.59. The van der Waals surface area contributed by atoms with Crippen LogP contribution in [0.25, 0.3) is 0 Å². The van der Waals surface area contributed by atoms with Crippen molar-refractivity contribution in [1.82, 2.24) is 9.80 Å². The van der Waals surface area contributed by atoms with E-state index in [0.29, 0.717) is 11.1 Å². The number of carboxylic acids is 2. The van der Waals surface area contributed by atoms with E-state index < -0.39 is 40.6 Å². The molecule has 2 saturated heterocycles. The minimum absolute atomic E-state index is 0.0540. The SMILES string of the molecule is CN1CC2(C(=O)O)C(=O)C(C(=O)O)(C1)C(c1ccccc1)N(C)C2c1ccccc1. The molecule has 156 valence electrons. The van der Waals surface area contributed by atoms with E-state index in [1.807, 2.05) is 12.1 Å². The number of carboxylic acid groups (broad SMARTS) is 2. The molecule has 0 saturated carbocycles. The summed E-state index contributed by atoms with van der Waals surface area (Å²) in [5.74, 6) is -3.32. The third-order valence-corrected chi connectivity index (χ3v) is 6.59. The molecule has 0 radical (unpaired) electrons. The number of carbonyl (C=O) groups is 3. The zero-order valence-corrected chi connectivity index (χ0v) is 16.9. The van der Waals surface area contributed by atoms with Gasteiger partial charge in [0.05, 0.1) is 12.1 Å². The molecule has 2 aliphatic heterocycles. The maximum Gasteiger partial charge on any atom is 0.320 e. The van der Waals surface area contributed by atoms with Gasteiger partial charge in [0.15, 0.2) is 16.6 Å². The van der Waals surface area contributed by atoms with Crippen LogP contribution in [0.3, 0.4) is 0 Å². The fourth-order valence-corrected chi connectivity index (χ4v) is 5.59. The summed E-state index contributed by atoms with van der Waals surface area (Å²) in [5.41, 5.74) is -2.45. The predicted molar refractivity (Wildman–Crippen MR) is 109 cm³/mol. The number of aliphatic carboxylic acids is 2. The van der Waals surface area contributed by atoms with Gasteiger partial charge in [-0.2, -0.15) is 0 Å². The Labute approximate surface area is 174 Å². The van der Waals surface area contributed by atoms with Crippen molar-refractivity contribution in [3.8, 4) is 0 Å². The second kappa shape index (κ2) is 7.04. The Morgan fingerprint density at radius 2 is 1.17 bits per heavy atom. The largest absolute Gasteiger partial charge is 0.480 e. The lowest BCUT2D eigenvalue weighted by Gasteiger charge is -2.60. The summed E-state index contributed by atoms with van der Waals surface area (Å²) in [6.45, 7) is -0.108. The van der Waals surface area contributed by atoms with Crippen LogP contribution in [0.4, 0.5) is 0 Å². The van der Waals surface area contributed by atoms with Gasteiger partial charge in [-0.25, -0.2) is 0 Å². The number of nitrogens with zero attached hydrogens (tertiary/aromatic N) is 2. The van der Waals surface area contributed by atoms with Crippen molar-refractivity contribution in [3.63, 3.8) is 0 Å². The summed E-state index contributed by atoms with van der Waals surface area (Å²) >= 11 is 0. The monoisotopic (exact) mass is 408 g/mol. The van der Waals surface area contributed by atoms with Crippen LogP contribution in [-0.4, -0.2) is 64.9 Å². The summed E-state index contributed by atoms with van der Waals surface area (Å²) in [6, 6.07) is 16.4. The van der Waals surface area contributed by atoms with Gasteiger partial charge in [0, 0.05) is 13.1 Å². The van der Waals surface area contributed by atoms with E-state index in [4.69, 9.17) is 0 Å². The quantitative estimate of drug-likeness (QED) is 0.748. The average molecular weight is 408 g/mol. The predicted octanol–water partition coefficient (Wildman–Crippen LogP) is 2.07. The molecule has 2 aliphatic rings. The number of Topliss-reactive ketones (excluding diaryl/α,β-unsaturated/α-hetero) is 1. The van der Waals surface area contributed by atoms with E-state index in [1.54, 1.807) is 72.4 Å². The minimum atomic E-state index is -1.90. The van der Waals surface area contributed by atoms with Crippen LogP contribution in [0.1, 0.15) is 23.2 Å². The topological polar surface area (TPSA) is 98.2 Å². The molecule has 2 fully saturated rings. The van der Waals surface area contributed by atoms with Crippen molar-refractivity contribution in [2.45, 2.75) is 12.1 Å². The lowest BCUT2D eigenvalue weighted by molar-refractivity contribution is -0.199. The Bertz CT molecular complexity index is 918. The van der Waals surface area contributed by atoms with Gasteiger partial charge < -0.3 is 15.1 Å². The lowest BCUT2D eigenvalue weighted by atomic mass is 9.54. The number of benzene rings is 2. The number of piperidine rings is 2. The number of fused-ring (bicyclic) bond motifs is 2. The molecule has 30 heavy (non-hydrogen) atoms. The van der Waals surface area contributed by atoms with Crippen LogP contribution < -0.4 is 0 Å². The van der Waals surface area contributed by atoms with Gasteiger partial charge in [0.25, 0.3) is 0 Å². The molecule has 4 atom stereocenters. The second-order valence-electron chi connectivity index (χ2n) is 8.35. The van der Waals surface area contributed by atoms with Crippen LogP contribution in [0, 0.1) is 10.8 Å². The first-order chi connectivity index (χ1) is 14.3. The summed E-state index contributed by atoms with van der Waals surface area (Å²) < 4.78 is 0. The normalized spacial score (nSPS) is 32.0. The molecule has 2 aromatic rings. The summed E-state index contributed by atoms with van der Waals surface area (Å²) in [7, 11) is 3.40. The molecule has 0 aliphatic carbocycles. The Hall–Kier alpha value is -3.03. The zero-order valence-electron chi connectivity index (χ0n) is 16.9. The number of rotatable bonds is 4. The van der Waals surface area contributed by atoms with Crippen molar-refractivity contribution < 1.29 is 24.6 Å². The molecule has 2 aromatic carbocycles. The third-order valence-electron chi connectivity index (χ3n) is 6.59. The molecular weight excluding hydrogens is 384 g/mol. The molecular formula is C23H24N2O5. The molecule has 4 unspecified atom stereocenters. The van der Waals surface area contributed by atoms with Crippen LogP contribution >= 0.6 is 0 Å². The van der Waals surface area contributed by atoms with Gasteiger partial charge in [-0.15, -0.1) is 0 Å². The van der Waals surface area contributed by atoms with E-state index in [2.05, 4.69) is 0 Å². The van der Waals surface area contributed by atoms with Crippen molar-refractivity contribution in [1.29, 1.82) is 0 Å². The highest BCUT2D eigenvalue weighted by Gasteiger charge is 2.73. The maximum absolute atomic E-state index is 14.0. The van der Waals surface area contributed by atoms with Gasteiger partial charge in [-0.3, -0.25) is 19.3 Å². The molecule has 7 nitrogen and oxygen atoms in total. The zero-order chi connectivity index (χ0) is 21.7. The lowest BCUT2D eigenvalue weighted by Crippen LogP contribution is -2.74. The molecule has 2 heterocycles. The van der Waals surface area contributed by atoms with Crippen molar-refractivity contribution >= 4 is 17.7 Å². The number of hydrogen-bond donors (Lipinski definition) is 2. The first-order valence-corrected chi connectivity index (χ1v) is 9.79. The van der Waals surface area contributed by atoms with Gasteiger partial charge in [0.2, 0.25) is 0 Å². The Morgan fingerprint density at radius 3 is 1.50 bits per heavy atom. The molecule has 7 heteroatoms. The summed E-state index contributed by atoms with van der Waals surface area (Å²) in [4.78, 5) is 42.9. The van der Waals surface area contributed by atoms with Crippen molar-refractivity contribution in [3.05, 3.63) is 71.8 Å². The molecule has 2 bridgehead atoms. The first kappa shape index (κ1) is 20.3. The fourth-order valence-electron chi connectivity index (χ4n) is 5.59.